The molecule has 12 heteroatoms. The van der Waals surface area contributed by atoms with E-state index < -0.39 is 60.2 Å². The van der Waals surface area contributed by atoms with Crippen LogP contribution in [-0.2, 0) is 30.4 Å². The van der Waals surface area contributed by atoms with Gasteiger partial charge in [0.25, 0.3) is 0 Å². The van der Waals surface area contributed by atoms with Crippen LogP contribution in [0.15, 0.2) is 24.3 Å². The molecule has 0 aromatic heterocycles. The van der Waals surface area contributed by atoms with Gasteiger partial charge in [-0.05, 0) is 49.8 Å². The summed E-state index contributed by atoms with van der Waals surface area (Å²) in [5, 5.41) is 34.5. The molecule has 0 spiro atoms. The molecule has 0 aliphatic heterocycles. The Kier molecular flexibility index (Phi) is 11.7. The number of carboxylic acids is 2. The summed E-state index contributed by atoms with van der Waals surface area (Å²) in [6, 6.07) is 1.66. The lowest BCUT2D eigenvalue weighted by molar-refractivity contribution is -0.143. The zero-order chi connectivity index (χ0) is 26.7. The highest BCUT2D eigenvalue weighted by atomic mass is 16.4. The Morgan fingerprint density at radius 2 is 1.43 bits per heavy atom. The van der Waals surface area contributed by atoms with Crippen LogP contribution in [0.2, 0.25) is 0 Å². The minimum absolute atomic E-state index is 0.0101. The van der Waals surface area contributed by atoms with Crippen LogP contribution in [0.5, 0.6) is 5.75 Å². The van der Waals surface area contributed by atoms with Gasteiger partial charge >= 0.3 is 11.9 Å². The standard InChI is InChI=1S/C23H34N4O8/c1-12(2)10-18(27-21(32)16(24)11-14-4-6-15(28)7-5-14)22(33)25-13(3)20(31)26-17(23(34)35)8-9-19(29)30/h4-7,12-13,16-18,28H,8-11,24H2,1-3H3,(H,25,33)(H,26,31)(H,27,32)(H,29,30)(H,34,35). The van der Waals surface area contributed by atoms with Crippen LogP contribution in [0.3, 0.4) is 0 Å². The van der Waals surface area contributed by atoms with Crippen molar-refractivity contribution < 1.29 is 39.3 Å². The first-order chi connectivity index (χ1) is 16.3. The van der Waals surface area contributed by atoms with Gasteiger partial charge in [-0.1, -0.05) is 26.0 Å². The number of phenolic OH excluding ortho intramolecular Hbond substituents is 1. The normalized spacial score (nSPS) is 14.3. The van der Waals surface area contributed by atoms with Crippen molar-refractivity contribution >= 4 is 29.7 Å². The third-order valence-corrected chi connectivity index (χ3v) is 5.08. The molecule has 1 aromatic carbocycles. The topological polar surface area (TPSA) is 208 Å². The summed E-state index contributed by atoms with van der Waals surface area (Å²) in [5.41, 5.74) is 6.70. The molecule has 0 bridgehead atoms. The van der Waals surface area contributed by atoms with Crippen molar-refractivity contribution in [1.82, 2.24) is 16.0 Å². The second-order valence-corrected chi connectivity index (χ2v) is 8.73. The number of carboxylic acid groups (broad SMARTS) is 2. The molecule has 1 aromatic rings. The van der Waals surface area contributed by atoms with Gasteiger partial charge in [0.05, 0.1) is 6.04 Å². The number of aliphatic carboxylic acids is 2. The highest BCUT2D eigenvalue weighted by Crippen LogP contribution is 2.11. The van der Waals surface area contributed by atoms with Gasteiger partial charge in [-0.25, -0.2) is 4.79 Å². The van der Waals surface area contributed by atoms with Crippen molar-refractivity contribution in [3.05, 3.63) is 29.8 Å². The average molecular weight is 495 g/mol. The van der Waals surface area contributed by atoms with Crippen molar-refractivity contribution in [1.29, 1.82) is 0 Å². The number of hydrogen-bond donors (Lipinski definition) is 7. The van der Waals surface area contributed by atoms with Crippen molar-refractivity contribution in [2.75, 3.05) is 0 Å². The fourth-order valence-electron chi connectivity index (χ4n) is 3.16. The molecule has 0 aliphatic rings. The van der Waals surface area contributed by atoms with E-state index in [1.165, 1.54) is 19.1 Å². The van der Waals surface area contributed by atoms with Crippen LogP contribution in [0.1, 0.15) is 45.6 Å². The molecule has 8 N–H and O–H groups in total. The first-order valence-corrected chi connectivity index (χ1v) is 11.2. The van der Waals surface area contributed by atoms with Gasteiger partial charge in [-0.3, -0.25) is 19.2 Å². The maximum absolute atomic E-state index is 12.8. The lowest BCUT2D eigenvalue weighted by Crippen LogP contribution is -2.56. The molecule has 1 rings (SSSR count). The van der Waals surface area contributed by atoms with Crippen LogP contribution in [0.25, 0.3) is 0 Å². The smallest absolute Gasteiger partial charge is 0.326 e. The number of amides is 3. The van der Waals surface area contributed by atoms with Gasteiger partial charge in [-0.15, -0.1) is 0 Å². The molecular formula is C23H34N4O8. The minimum atomic E-state index is -1.43. The zero-order valence-electron chi connectivity index (χ0n) is 20.0. The highest BCUT2D eigenvalue weighted by Gasteiger charge is 2.29. The third-order valence-electron chi connectivity index (χ3n) is 5.08. The highest BCUT2D eigenvalue weighted by molar-refractivity contribution is 5.94. The van der Waals surface area contributed by atoms with Gasteiger partial charge in [0.1, 0.15) is 23.9 Å². The first-order valence-electron chi connectivity index (χ1n) is 11.2. The Hall–Kier alpha value is -3.67. The number of hydrogen-bond acceptors (Lipinski definition) is 7. The Morgan fingerprint density at radius 1 is 0.857 bits per heavy atom. The van der Waals surface area contributed by atoms with Crippen LogP contribution >= 0.6 is 0 Å². The fourth-order valence-corrected chi connectivity index (χ4v) is 3.16. The van der Waals surface area contributed by atoms with E-state index in [1.807, 2.05) is 13.8 Å². The zero-order valence-corrected chi connectivity index (χ0v) is 20.0. The van der Waals surface area contributed by atoms with Gasteiger partial charge < -0.3 is 37.0 Å². The summed E-state index contributed by atoms with van der Waals surface area (Å²) in [4.78, 5) is 59.8. The lowest BCUT2D eigenvalue weighted by Gasteiger charge is -2.24. The van der Waals surface area contributed by atoms with E-state index in [4.69, 9.17) is 10.8 Å². The van der Waals surface area contributed by atoms with E-state index >= 15 is 0 Å². The van der Waals surface area contributed by atoms with Crippen molar-refractivity contribution in [3.8, 4) is 5.75 Å². The molecule has 0 saturated heterocycles. The molecule has 0 radical (unpaired) electrons. The third kappa shape index (κ3) is 10.9. The SMILES string of the molecule is CC(C)CC(NC(=O)C(N)Cc1ccc(O)cc1)C(=O)NC(C)C(=O)NC(CCC(=O)O)C(=O)O. The van der Waals surface area contributed by atoms with E-state index in [1.54, 1.807) is 12.1 Å². The summed E-state index contributed by atoms with van der Waals surface area (Å²) in [5.74, 6) is -4.55. The summed E-state index contributed by atoms with van der Waals surface area (Å²) in [6.07, 6.45) is -0.338. The molecule has 35 heavy (non-hydrogen) atoms. The van der Waals surface area contributed by atoms with Crippen molar-refractivity contribution in [3.63, 3.8) is 0 Å². The molecule has 4 atom stereocenters. The van der Waals surface area contributed by atoms with Gasteiger partial charge in [0.15, 0.2) is 0 Å². The summed E-state index contributed by atoms with van der Waals surface area (Å²) in [6.45, 7) is 5.03. The Labute approximate surface area is 203 Å². The molecule has 0 saturated carbocycles. The Bertz CT molecular complexity index is 903. The Morgan fingerprint density at radius 3 is 1.94 bits per heavy atom. The van der Waals surface area contributed by atoms with Gasteiger partial charge in [-0.2, -0.15) is 0 Å². The molecule has 194 valence electrons. The summed E-state index contributed by atoms with van der Waals surface area (Å²) in [7, 11) is 0. The molecule has 0 fully saturated rings. The van der Waals surface area contributed by atoms with Crippen LogP contribution in [0.4, 0.5) is 0 Å². The number of rotatable bonds is 14. The fraction of sp³-hybridized carbons (Fsp3) is 0.522. The number of nitrogens with two attached hydrogens (primary N) is 1. The van der Waals surface area contributed by atoms with E-state index in [2.05, 4.69) is 16.0 Å². The van der Waals surface area contributed by atoms with E-state index in [0.717, 1.165) is 5.56 Å². The van der Waals surface area contributed by atoms with E-state index in [-0.39, 0.29) is 30.9 Å². The maximum Gasteiger partial charge on any atom is 0.326 e. The number of carbonyl (C=O) groups excluding carboxylic acids is 3. The van der Waals surface area contributed by atoms with Crippen molar-refractivity contribution in [2.45, 2.75) is 70.6 Å². The second-order valence-electron chi connectivity index (χ2n) is 8.73. The summed E-state index contributed by atoms with van der Waals surface area (Å²) < 4.78 is 0. The molecule has 0 heterocycles. The largest absolute Gasteiger partial charge is 0.508 e. The van der Waals surface area contributed by atoms with Crippen molar-refractivity contribution in [2.24, 2.45) is 11.7 Å². The Balaban J connectivity index is 2.77. The number of benzene rings is 1. The molecular weight excluding hydrogens is 460 g/mol. The predicted molar refractivity (Wildman–Crippen MR) is 125 cm³/mol. The first kappa shape index (κ1) is 29.4. The van der Waals surface area contributed by atoms with Crippen LogP contribution in [0, 0.1) is 5.92 Å². The number of nitrogens with one attached hydrogen (secondary N) is 3. The van der Waals surface area contributed by atoms with Crippen LogP contribution < -0.4 is 21.7 Å². The number of phenols is 1. The lowest BCUT2D eigenvalue weighted by atomic mass is 10.0. The minimum Gasteiger partial charge on any atom is -0.508 e. The average Bonchev–Trinajstić information content (AvgIpc) is 2.76. The summed E-state index contributed by atoms with van der Waals surface area (Å²) >= 11 is 0. The van der Waals surface area contributed by atoms with E-state index in [0.29, 0.717) is 0 Å². The van der Waals surface area contributed by atoms with E-state index in [9.17, 15) is 34.2 Å². The number of aromatic hydroxyl groups is 1. The predicted octanol–water partition coefficient (Wildman–Crippen LogP) is -0.268. The quantitative estimate of drug-likeness (QED) is 0.181. The van der Waals surface area contributed by atoms with Gasteiger partial charge in [0, 0.05) is 6.42 Å². The molecule has 0 aliphatic carbocycles. The molecule has 12 nitrogen and oxygen atoms in total. The molecule has 3 amide bonds. The van der Waals surface area contributed by atoms with Gasteiger partial charge in [0.2, 0.25) is 17.7 Å². The number of carbonyl (C=O) groups is 5. The molecule has 4 unspecified atom stereocenters. The monoisotopic (exact) mass is 494 g/mol. The second kappa shape index (κ2) is 13.9. The maximum atomic E-state index is 12.8. The van der Waals surface area contributed by atoms with Crippen LogP contribution in [-0.4, -0.2) is 69.1 Å².